The Morgan fingerprint density at radius 2 is 1.93 bits per heavy atom. The molecule has 1 aromatic rings. The van der Waals surface area contributed by atoms with Crippen LogP contribution in [0.4, 0.5) is 10.1 Å². The predicted octanol–water partition coefficient (Wildman–Crippen LogP) is 2.00. The van der Waals surface area contributed by atoms with Crippen molar-refractivity contribution in [1.82, 2.24) is 5.32 Å². The van der Waals surface area contributed by atoms with Gasteiger partial charge in [-0.05, 0) is 25.0 Å². The van der Waals surface area contributed by atoms with Crippen molar-refractivity contribution in [2.75, 3.05) is 18.4 Å². The molecule has 0 saturated carbocycles. The Balaban J connectivity index is 1.99. The molecule has 2 nitrogen and oxygen atoms in total. The first-order valence-corrected chi connectivity index (χ1v) is 5.00. The Labute approximate surface area is 83.5 Å². The molecule has 0 aromatic heterocycles. The highest BCUT2D eigenvalue weighted by Gasteiger charge is 2.14. The molecule has 0 bridgehead atoms. The van der Waals surface area contributed by atoms with Crippen molar-refractivity contribution in [2.24, 2.45) is 0 Å². The lowest BCUT2D eigenvalue weighted by atomic mass is 10.1. The average Bonchev–Trinajstić information content (AvgIpc) is 2.23. The van der Waals surface area contributed by atoms with Crippen LogP contribution in [0.25, 0.3) is 0 Å². The zero-order valence-corrected chi connectivity index (χ0v) is 8.04. The third-order valence-electron chi connectivity index (χ3n) is 2.50. The average molecular weight is 193 g/mol. The summed E-state index contributed by atoms with van der Waals surface area (Å²) >= 11 is 0. The lowest BCUT2D eigenvalue weighted by molar-refractivity contribution is 0.469. The van der Waals surface area contributed by atoms with Gasteiger partial charge in [-0.15, -0.1) is 0 Å². The first-order chi connectivity index (χ1) is 6.86. The second-order valence-electron chi connectivity index (χ2n) is 3.57. The lowest BCUT2D eigenvalue weighted by Gasteiger charge is -2.23. The second kappa shape index (κ2) is 4.42. The fourth-order valence-corrected chi connectivity index (χ4v) is 1.69. The Morgan fingerprint density at radius 1 is 1.21 bits per heavy atom. The molecule has 1 aromatic carbocycles. The molecular formula is C11H14FN2. The van der Waals surface area contributed by atoms with Gasteiger partial charge in [-0.25, -0.2) is 9.71 Å². The maximum Gasteiger partial charge on any atom is 0.146 e. The predicted molar refractivity (Wildman–Crippen MR) is 54.9 cm³/mol. The molecule has 1 saturated heterocycles. The van der Waals surface area contributed by atoms with Crippen molar-refractivity contribution in [1.29, 1.82) is 0 Å². The number of benzene rings is 1. The fraction of sp³-hybridized carbons (Fsp3) is 0.455. The van der Waals surface area contributed by atoms with Crippen molar-refractivity contribution in [3.8, 4) is 0 Å². The van der Waals surface area contributed by atoms with Crippen LogP contribution >= 0.6 is 0 Å². The summed E-state index contributed by atoms with van der Waals surface area (Å²) in [6.45, 7) is 1.79. The van der Waals surface area contributed by atoms with Crippen LogP contribution in [0.2, 0.25) is 0 Å². The summed E-state index contributed by atoms with van der Waals surface area (Å²) in [6.07, 6.45) is 2.02. The second-order valence-corrected chi connectivity index (χ2v) is 3.57. The lowest BCUT2D eigenvalue weighted by Crippen LogP contribution is -2.32. The summed E-state index contributed by atoms with van der Waals surface area (Å²) in [7, 11) is 0. The summed E-state index contributed by atoms with van der Waals surface area (Å²) in [5, 5.41) is 7.47. The maximum atomic E-state index is 13.3. The van der Waals surface area contributed by atoms with Crippen LogP contribution < -0.4 is 10.6 Å². The molecule has 0 spiro atoms. The molecule has 75 valence electrons. The highest BCUT2D eigenvalue weighted by atomic mass is 19.1. The molecule has 0 amide bonds. The van der Waals surface area contributed by atoms with E-state index in [9.17, 15) is 4.39 Å². The molecule has 1 N–H and O–H groups in total. The molecule has 0 unspecified atom stereocenters. The van der Waals surface area contributed by atoms with Gasteiger partial charge in [0.15, 0.2) is 0 Å². The topological polar surface area (TPSA) is 26.1 Å². The monoisotopic (exact) mass is 193 g/mol. The van der Waals surface area contributed by atoms with Gasteiger partial charge in [-0.2, -0.15) is 0 Å². The smallest absolute Gasteiger partial charge is 0.146 e. The number of piperidine rings is 1. The molecule has 3 heteroatoms. The number of nitrogens with one attached hydrogen (secondary N) is 1. The van der Waals surface area contributed by atoms with Gasteiger partial charge in [-0.1, -0.05) is 12.1 Å². The fourth-order valence-electron chi connectivity index (χ4n) is 1.69. The number of hydrogen-bond donors (Lipinski definition) is 1. The van der Waals surface area contributed by atoms with E-state index < -0.39 is 0 Å². The first kappa shape index (κ1) is 9.46. The molecule has 0 atom stereocenters. The van der Waals surface area contributed by atoms with E-state index in [0.29, 0.717) is 11.7 Å². The highest BCUT2D eigenvalue weighted by molar-refractivity contribution is 5.45. The van der Waals surface area contributed by atoms with Crippen molar-refractivity contribution in [3.05, 3.63) is 30.1 Å². The number of nitrogens with zero attached hydrogens (tertiary/aromatic N) is 1. The van der Waals surface area contributed by atoms with Gasteiger partial charge >= 0.3 is 0 Å². The van der Waals surface area contributed by atoms with Gasteiger partial charge in [0.05, 0.1) is 5.69 Å². The number of hydrogen-bond acceptors (Lipinski definition) is 1. The summed E-state index contributed by atoms with van der Waals surface area (Å²) in [5.41, 5.74) is 0.611. The van der Waals surface area contributed by atoms with Gasteiger partial charge in [-0.3, -0.25) is 0 Å². The van der Waals surface area contributed by atoms with E-state index in [-0.39, 0.29) is 5.82 Å². The molecule has 1 fully saturated rings. The summed E-state index contributed by atoms with van der Waals surface area (Å²) in [5.74, 6) is -0.171. The highest BCUT2D eigenvalue weighted by Crippen LogP contribution is 2.16. The summed E-state index contributed by atoms with van der Waals surface area (Å²) in [6, 6.07) is 7.19. The van der Waals surface area contributed by atoms with Gasteiger partial charge in [0.2, 0.25) is 0 Å². The van der Waals surface area contributed by atoms with Crippen LogP contribution in [-0.4, -0.2) is 19.1 Å². The van der Waals surface area contributed by atoms with Crippen LogP contribution in [0.3, 0.4) is 0 Å². The Bertz CT molecular complexity index is 295. The molecule has 1 heterocycles. The molecule has 1 aliphatic heterocycles. The SMILES string of the molecule is Fc1ccccc1NC1CC[N]CC1. The van der Waals surface area contributed by atoms with Crippen molar-refractivity contribution in [3.63, 3.8) is 0 Å². The molecule has 14 heavy (non-hydrogen) atoms. The zero-order chi connectivity index (χ0) is 9.80. The minimum atomic E-state index is -0.171. The molecule has 0 aliphatic carbocycles. The first-order valence-electron chi connectivity index (χ1n) is 5.00. The van der Waals surface area contributed by atoms with E-state index in [1.807, 2.05) is 6.07 Å². The quantitative estimate of drug-likeness (QED) is 0.764. The van der Waals surface area contributed by atoms with E-state index in [1.165, 1.54) is 6.07 Å². The minimum absolute atomic E-state index is 0.171. The van der Waals surface area contributed by atoms with Gasteiger partial charge in [0.1, 0.15) is 5.82 Å². The molecular weight excluding hydrogens is 179 g/mol. The van der Waals surface area contributed by atoms with Crippen LogP contribution in [0.1, 0.15) is 12.8 Å². The van der Waals surface area contributed by atoms with Crippen LogP contribution in [0, 0.1) is 5.82 Å². The van der Waals surface area contributed by atoms with Crippen molar-refractivity contribution < 1.29 is 4.39 Å². The molecule has 2 rings (SSSR count). The Kier molecular flexibility index (Phi) is 2.99. The number of para-hydroxylation sites is 1. The number of anilines is 1. The Morgan fingerprint density at radius 3 is 2.64 bits per heavy atom. The molecule has 1 aliphatic rings. The van der Waals surface area contributed by atoms with Crippen molar-refractivity contribution >= 4 is 5.69 Å². The van der Waals surface area contributed by atoms with E-state index in [1.54, 1.807) is 12.1 Å². The van der Waals surface area contributed by atoms with E-state index in [4.69, 9.17) is 0 Å². The normalized spacial score (nSPS) is 18.1. The van der Waals surface area contributed by atoms with Gasteiger partial charge < -0.3 is 5.32 Å². The largest absolute Gasteiger partial charge is 0.380 e. The van der Waals surface area contributed by atoms with Crippen molar-refractivity contribution in [2.45, 2.75) is 18.9 Å². The third-order valence-corrected chi connectivity index (χ3v) is 2.50. The van der Waals surface area contributed by atoms with Crippen LogP contribution in [0.15, 0.2) is 24.3 Å². The Hall–Kier alpha value is -1.09. The standard InChI is InChI=1S/C11H14FN2/c12-10-3-1-2-4-11(10)14-9-5-7-13-8-6-9/h1-4,9,14H,5-8H2. The maximum absolute atomic E-state index is 13.3. The minimum Gasteiger partial charge on any atom is -0.380 e. The van der Waals surface area contributed by atoms with Crippen LogP contribution in [-0.2, 0) is 0 Å². The zero-order valence-electron chi connectivity index (χ0n) is 8.04. The van der Waals surface area contributed by atoms with Crippen LogP contribution in [0.5, 0.6) is 0 Å². The van der Waals surface area contributed by atoms with Gasteiger partial charge in [0, 0.05) is 19.1 Å². The molecule has 1 radical (unpaired) electrons. The van der Waals surface area contributed by atoms with E-state index in [2.05, 4.69) is 10.6 Å². The number of rotatable bonds is 2. The third kappa shape index (κ3) is 2.23. The summed E-state index contributed by atoms with van der Waals surface area (Å²) in [4.78, 5) is 0. The summed E-state index contributed by atoms with van der Waals surface area (Å²) < 4.78 is 13.3. The number of halogens is 1. The van der Waals surface area contributed by atoms with E-state index >= 15 is 0 Å². The van der Waals surface area contributed by atoms with Gasteiger partial charge in [0.25, 0.3) is 0 Å². The van der Waals surface area contributed by atoms with E-state index in [0.717, 1.165) is 25.9 Å².